The van der Waals surface area contributed by atoms with E-state index in [0.717, 1.165) is 4.88 Å². The molecule has 1 N–H and O–H groups in total. The van der Waals surface area contributed by atoms with Crippen molar-refractivity contribution in [2.75, 3.05) is 7.11 Å². The smallest absolute Gasteiger partial charge is 0.201 e. The van der Waals surface area contributed by atoms with Gasteiger partial charge in [-0.15, -0.1) is 11.3 Å². The van der Waals surface area contributed by atoms with E-state index >= 15 is 0 Å². The fourth-order valence-corrected chi connectivity index (χ4v) is 3.20. The summed E-state index contributed by atoms with van der Waals surface area (Å²) in [6.07, 6.45) is 1.62. The molecule has 0 fully saturated rings. The van der Waals surface area contributed by atoms with Gasteiger partial charge in [0.25, 0.3) is 0 Å². The van der Waals surface area contributed by atoms with Crippen molar-refractivity contribution in [3.63, 3.8) is 0 Å². The van der Waals surface area contributed by atoms with Crippen molar-refractivity contribution in [1.29, 1.82) is 0 Å². The van der Waals surface area contributed by atoms with Crippen molar-refractivity contribution in [1.82, 2.24) is 19.7 Å². The van der Waals surface area contributed by atoms with Crippen LogP contribution in [0.2, 0.25) is 0 Å². The molecule has 0 aliphatic carbocycles. The molecule has 0 saturated heterocycles. The lowest BCUT2D eigenvalue weighted by Crippen LogP contribution is -2.00. The highest BCUT2D eigenvalue weighted by Gasteiger charge is 2.19. The molecule has 0 amide bonds. The number of hydrogen-bond acceptors (Lipinski definition) is 4. The van der Waals surface area contributed by atoms with E-state index in [1.807, 2.05) is 17.5 Å². The Bertz CT molecular complexity index is 1010. The minimum atomic E-state index is -1.03. The fourth-order valence-electron chi connectivity index (χ4n) is 2.51. The van der Waals surface area contributed by atoms with Crippen LogP contribution in [0.1, 0.15) is 4.88 Å². The first-order valence-corrected chi connectivity index (χ1v) is 8.01. The third kappa shape index (κ3) is 2.35. The largest absolute Gasteiger partial charge is 0.494 e. The van der Waals surface area contributed by atoms with Crippen molar-refractivity contribution in [3.05, 3.63) is 52.4 Å². The van der Waals surface area contributed by atoms with E-state index in [-0.39, 0.29) is 17.1 Å². The van der Waals surface area contributed by atoms with Gasteiger partial charge < -0.3 is 9.72 Å². The zero-order chi connectivity index (χ0) is 16.7. The SMILES string of the molecule is COc1ccc(-c2nc3c(cnn3Cc3cccs3)[nH]2)c(F)c1F. The first-order valence-electron chi connectivity index (χ1n) is 7.13. The van der Waals surface area contributed by atoms with Crippen LogP contribution in [-0.4, -0.2) is 26.9 Å². The molecule has 4 rings (SSSR count). The number of H-pyrrole nitrogens is 1. The number of methoxy groups -OCH3 is 1. The van der Waals surface area contributed by atoms with E-state index in [0.29, 0.717) is 17.7 Å². The lowest BCUT2D eigenvalue weighted by Gasteiger charge is -2.05. The highest BCUT2D eigenvalue weighted by molar-refractivity contribution is 7.09. The van der Waals surface area contributed by atoms with E-state index in [1.165, 1.54) is 19.2 Å². The van der Waals surface area contributed by atoms with Crippen molar-refractivity contribution in [3.8, 4) is 17.1 Å². The number of nitrogens with one attached hydrogen (secondary N) is 1. The summed E-state index contributed by atoms with van der Waals surface area (Å²) < 4.78 is 34.6. The lowest BCUT2D eigenvalue weighted by atomic mass is 10.2. The van der Waals surface area contributed by atoms with Crippen molar-refractivity contribution >= 4 is 22.5 Å². The molecule has 8 heteroatoms. The van der Waals surface area contributed by atoms with Crippen LogP contribution >= 0.6 is 11.3 Å². The molecule has 0 spiro atoms. The average Bonchev–Trinajstić information content (AvgIpc) is 3.29. The van der Waals surface area contributed by atoms with E-state index in [2.05, 4.69) is 15.1 Å². The van der Waals surface area contributed by atoms with Crippen molar-refractivity contribution in [2.24, 2.45) is 0 Å². The van der Waals surface area contributed by atoms with Crippen LogP contribution in [0.4, 0.5) is 8.78 Å². The Morgan fingerprint density at radius 2 is 2.12 bits per heavy atom. The number of aromatic nitrogens is 4. The molecule has 5 nitrogen and oxygen atoms in total. The molecule has 0 bridgehead atoms. The molecule has 0 saturated carbocycles. The van der Waals surface area contributed by atoms with Gasteiger partial charge in [-0.2, -0.15) is 9.49 Å². The van der Waals surface area contributed by atoms with Gasteiger partial charge in [-0.05, 0) is 23.6 Å². The molecule has 0 radical (unpaired) electrons. The predicted octanol–water partition coefficient (Wildman–Crippen LogP) is 3.82. The van der Waals surface area contributed by atoms with Crippen molar-refractivity contribution in [2.45, 2.75) is 6.54 Å². The molecular weight excluding hydrogens is 334 g/mol. The Labute approximate surface area is 139 Å². The van der Waals surface area contributed by atoms with E-state index in [1.54, 1.807) is 22.2 Å². The van der Waals surface area contributed by atoms with Gasteiger partial charge in [0.15, 0.2) is 17.2 Å². The normalized spacial score (nSPS) is 11.3. The van der Waals surface area contributed by atoms with Crippen LogP contribution in [0.15, 0.2) is 35.8 Å². The summed E-state index contributed by atoms with van der Waals surface area (Å²) >= 11 is 1.62. The number of aromatic amines is 1. The van der Waals surface area contributed by atoms with E-state index in [9.17, 15) is 8.78 Å². The number of ether oxygens (including phenoxy) is 1. The molecule has 0 aliphatic heterocycles. The fraction of sp³-hybridized carbons (Fsp3) is 0.125. The molecule has 3 heterocycles. The highest BCUT2D eigenvalue weighted by atomic mass is 32.1. The summed E-state index contributed by atoms with van der Waals surface area (Å²) in [7, 11) is 1.29. The standard InChI is InChI=1S/C16H12F2N4OS/c1-23-12-5-4-10(13(17)14(12)18)15-20-11-7-19-22(16(11)21-15)8-9-3-2-6-24-9/h2-7H,8H2,1H3,(H,20,21). The summed E-state index contributed by atoms with van der Waals surface area (Å²) in [5.41, 5.74) is 1.30. The Balaban J connectivity index is 1.76. The Kier molecular flexibility index (Phi) is 3.53. The number of nitrogens with zero attached hydrogens (tertiary/aromatic N) is 3. The quantitative estimate of drug-likeness (QED) is 0.611. The van der Waals surface area contributed by atoms with Crippen LogP contribution in [-0.2, 0) is 6.54 Å². The Morgan fingerprint density at radius 1 is 1.25 bits per heavy atom. The van der Waals surface area contributed by atoms with Gasteiger partial charge in [0.1, 0.15) is 11.3 Å². The monoisotopic (exact) mass is 346 g/mol. The maximum absolute atomic E-state index is 14.2. The van der Waals surface area contributed by atoms with E-state index in [4.69, 9.17) is 4.74 Å². The molecule has 3 aromatic heterocycles. The lowest BCUT2D eigenvalue weighted by molar-refractivity contribution is 0.372. The van der Waals surface area contributed by atoms with Crippen LogP contribution in [0, 0.1) is 11.6 Å². The van der Waals surface area contributed by atoms with Gasteiger partial charge in [0.05, 0.1) is 25.4 Å². The second-order valence-corrected chi connectivity index (χ2v) is 6.18. The van der Waals surface area contributed by atoms with Gasteiger partial charge in [0, 0.05) is 4.88 Å². The van der Waals surface area contributed by atoms with Gasteiger partial charge in [0.2, 0.25) is 5.82 Å². The molecule has 4 aromatic rings. The second-order valence-electron chi connectivity index (χ2n) is 5.15. The molecule has 24 heavy (non-hydrogen) atoms. The van der Waals surface area contributed by atoms with Crippen LogP contribution in [0.5, 0.6) is 5.75 Å². The topological polar surface area (TPSA) is 55.7 Å². The maximum Gasteiger partial charge on any atom is 0.201 e. The molecule has 1 aromatic carbocycles. The molecule has 122 valence electrons. The average molecular weight is 346 g/mol. The summed E-state index contributed by atoms with van der Waals surface area (Å²) in [6, 6.07) is 6.78. The molecule has 0 aliphatic rings. The number of fused-ring (bicyclic) bond motifs is 1. The van der Waals surface area contributed by atoms with Gasteiger partial charge in [-0.25, -0.2) is 14.1 Å². The minimum absolute atomic E-state index is 0.0483. The van der Waals surface area contributed by atoms with Crippen LogP contribution < -0.4 is 4.74 Å². The Morgan fingerprint density at radius 3 is 2.88 bits per heavy atom. The number of hydrogen-bond donors (Lipinski definition) is 1. The second kappa shape index (κ2) is 5.72. The van der Waals surface area contributed by atoms with Crippen LogP contribution in [0.3, 0.4) is 0 Å². The van der Waals surface area contributed by atoms with Crippen molar-refractivity contribution < 1.29 is 13.5 Å². The summed E-state index contributed by atoms with van der Waals surface area (Å²) in [6.45, 7) is 0.574. The van der Waals surface area contributed by atoms with Gasteiger partial charge >= 0.3 is 0 Å². The predicted molar refractivity (Wildman–Crippen MR) is 87.2 cm³/mol. The molecule has 0 atom stereocenters. The van der Waals surface area contributed by atoms with Crippen LogP contribution in [0.25, 0.3) is 22.6 Å². The summed E-state index contributed by atoms with van der Waals surface area (Å²) in [4.78, 5) is 8.49. The molecular formula is C16H12F2N4OS. The molecule has 0 unspecified atom stereocenters. The third-order valence-electron chi connectivity index (χ3n) is 3.69. The maximum atomic E-state index is 14.2. The highest BCUT2D eigenvalue weighted by Crippen LogP contribution is 2.29. The van der Waals surface area contributed by atoms with E-state index < -0.39 is 11.6 Å². The number of halogens is 2. The third-order valence-corrected chi connectivity index (χ3v) is 4.55. The first-order chi connectivity index (χ1) is 11.7. The summed E-state index contributed by atoms with van der Waals surface area (Å²) in [5.74, 6) is -1.92. The number of thiophene rings is 1. The number of rotatable bonds is 4. The number of benzene rings is 1. The zero-order valence-electron chi connectivity index (χ0n) is 12.6. The van der Waals surface area contributed by atoms with Gasteiger partial charge in [-0.3, -0.25) is 0 Å². The zero-order valence-corrected chi connectivity index (χ0v) is 13.4. The first kappa shape index (κ1) is 14.8. The van der Waals surface area contributed by atoms with Gasteiger partial charge in [-0.1, -0.05) is 6.07 Å². The number of imidazole rings is 1. The Hall–Kier alpha value is -2.74. The minimum Gasteiger partial charge on any atom is -0.494 e. The summed E-state index contributed by atoms with van der Waals surface area (Å²) in [5, 5.41) is 6.26.